The topological polar surface area (TPSA) is 67.9 Å². The highest BCUT2D eigenvalue weighted by Gasteiger charge is 2.19. The standard InChI is InChI=1S/C24H29N3O3/c1-3-29-16-17-13-20-21(15-25-28-2)23(18-7-5-4-6-8-18)27-24(20)22(14-17)26-19-9-11-30-12-10-19/h4-8,13-15,19,26-27H,3,9-12,16H2,1-2H3/b25-15+. The predicted molar refractivity (Wildman–Crippen MR) is 121 cm³/mol. The second-order valence-corrected chi connectivity index (χ2v) is 7.43. The highest BCUT2D eigenvalue weighted by Crippen LogP contribution is 2.35. The smallest absolute Gasteiger partial charge is 0.106 e. The summed E-state index contributed by atoms with van der Waals surface area (Å²) >= 11 is 0. The van der Waals surface area contributed by atoms with Gasteiger partial charge >= 0.3 is 0 Å². The van der Waals surface area contributed by atoms with Crippen molar-refractivity contribution in [2.45, 2.75) is 32.4 Å². The Bertz CT molecular complexity index is 992. The van der Waals surface area contributed by atoms with Crippen LogP contribution in [0, 0.1) is 0 Å². The molecular formula is C24H29N3O3. The first-order valence-electron chi connectivity index (χ1n) is 10.5. The molecule has 0 unspecified atom stereocenters. The van der Waals surface area contributed by atoms with E-state index >= 15 is 0 Å². The molecule has 1 aliphatic rings. The summed E-state index contributed by atoms with van der Waals surface area (Å²) in [5, 5.41) is 8.92. The first-order chi connectivity index (χ1) is 14.8. The SMILES string of the molecule is CCOCc1cc(NC2CCOCC2)c2[nH]c(-c3ccccc3)c(/C=N/OC)c2c1. The van der Waals surface area contributed by atoms with Crippen LogP contribution in [-0.4, -0.2) is 44.2 Å². The van der Waals surface area contributed by atoms with Crippen LogP contribution in [0.25, 0.3) is 22.2 Å². The van der Waals surface area contributed by atoms with Crippen LogP contribution in [0.1, 0.15) is 30.9 Å². The van der Waals surface area contributed by atoms with E-state index < -0.39 is 0 Å². The van der Waals surface area contributed by atoms with E-state index in [9.17, 15) is 0 Å². The van der Waals surface area contributed by atoms with Crippen LogP contribution >= 0.6 is 0 Å². The number of ether oxygens (including phenoxy) is 2. The number of nitrogens with one attached hydrogen (secondary N) is 2. The number of hydrogen-bond donors (Lipinski definition) is 2. The van der Waals surface area contributed by atoms with Crippen molar-refractivity contribution in [3.05, 3.63) is 53.6 Å². The monoisotopic (exact) mass is 407 g/mol. The number of H-pyrrole nitrogens is 1. The molecule has 0 radical (unpaired) electrons. The summed E-state index contributed by atoms with van der Waals surface area (Å²) in [4.78, 5) is 8.65. The number of aromatic nitrogens is 1. The quantitative estimate of drug-likeness (QED) is 0.410. The normalized spacial score (nSPS) is 15.1. The summed E-state index contributed by atoms with van der Waals surface area (Å²) < 4.78 is 11.2. The third-order valence-electron chi connectivity index (χ3n) is 5.41. The van der Waals surface area contributed by atoms with Gasteiger partial charge in [-0.2, -0.15) is 0 Å². The largest absolute Gasteiger partial charge is 0.399 e. The van der Waals surface area contributed by atoms with Crippen LogP contribution in [0.3, 0.4) is 0 Å². The number of fused-ring (bicyclic) bond motifs is 1. The molecule has 1 fully saturated rings. The van der Waals surface area contributed by atoms with Crippen molar-refractivity contribution in [3.8, 4) is 11.3 Å². The van der Waals surface area contributed by atoms with Gasteiger partial charge in [0, 0.05) is 36.8 Å². The Morgan fingerprint density at radius 1 is 1.20 bits per heavy atom. The van der Waals surface area contributed by atoms with Crippen LogP contribution < -0.4 is 5.32 Å². The first-order valence-corrected chi connectivity index (χ1v) is 10.5. The number of oxime groups is 1. The molecule has 1 saturated heterocycles. The highest BCUT2D eigenvalue weighted by atomic mass is 16.6. The number of anilines is 1. The fraction of sp³-hybridized carbons (Fsp3) is 0.375. The van der Waals surface area contributed by atoms with Gasteiger partial charge in [0.1, 0.15) is 7.11 Å². The summed E-state index contributed by atoms with van der Waals surface area (Å²) in [5.74, 6) is 0. The maximum atomic E-state index is 5.71. The number of nitrogens with zero attached hydrogens (tertiary/aromatic N) is 1. The van der Waals surface area contributed by atoms with Crippen LogP contribution in [0.15, 0.2) is 47.6 Å². The molecule has 0 saturated carbocycles. The average molecular weight is 408 g/mol. The minimum Gasteiger partial charge on any atom is -0.399 e. The van der Waals surface area contributed by atoms with Crippen molar-refractivity contribution in [2.75, 3.05) is 32.2 Å². The Labute approximate surface area is 177 Å². The molecule has 2 heterocycles. The van der Waals surface area contributed by atoms with Gasteiger partial charge in [-0.25, -0.2) is 0 Å². The van der Waals surface area contributed by atoms with Gasteiger partial charge in [-0.1, -0.05) is 35.5 Å². The third-order valence-corrected chi connectivity index (χ3v) is 5.41. The molecular weight excluding hydrogens is 378 g/mol. The lowest BCUT2D eigenvalue weighted by Gasteiger charge is -2.24. The molecule has 2 N–H and O–H groups in total. The van der Waals surface area contributed by atoms with E-state index in [1.54, 1.807) is 13.3 Å². The number of benzene rings is 2. The number of hydrogen-bond acceptors (Lipinski definition) is 5. The molecule has 0 spiro atoms. The molecule has 2 aromatic carbocycles. The zero-order valence-corrected chi connectivity index (χ0v) is 17.6. The van der Waals surface area contributed by atoms with Gasteiger partial charge in [-0.05, 0) is 43.0 Å². The third kappa shape index (κ3) is 4.50. The van der Waals surface area contributed by atoms with Crippen LogP contribution in [0.2, 0.25) is 0 Å². The van der Waals surface area contributed by atoms with Gasteiger partial charge in [-0.3, -0.25) is 0 Å². The van der Waals surface area contributed by atoms with Crippen LogP contribution in [0.4, 0.5) is 5.69 Å². The average Bonchev–Trinajstić information content (AvgIpc) is 3.16. The van der Waals surface area contributed by atoms with Crippen molar-refractivity contribution in [2.24, 2.45) is 5.16 Å². The minimum atomic E-state index is 0.392. The predicted octanol–water partition coefficient (Wildman–Crippen LogP) is 4.94. The molecule has 0 atom stereocenters. The van der Waals surface area contributed by atoms with E-state index in [4.69, 9.17) is 14.3 Å². The molecule has 158 valence electrons. The summed E-state index contributed by atoms with van der Waals surface area (Å²) in [7, 11) is 1.56. The molecule has 0 bridgehead atoms. The van der Waals surface area contributed by atoms with E-state index in [2.05, 4.69) is 39.7 Å². The van der Waals surface area contributed by atoms with E-state index in [1.807, 2.05) is 25.1 Å². The van der Waals surface area contributed by atoms with Crippen molar-refractivity contribution >= 4 is 22.8 Å². The molecule has 1 aliphatic heterocycles. The Balaban J connectivity index is 1.85. The molecule has 30 heavy (non-hydrogen) atoms. The fourth-order valence-corrected chi connectivity index (χ4v) is 3.93. The van der Waals surface area contributed by atoms with Crippen molar-refractivity contribution in [1.29, 1.82) is 0 Å². The van der Waals surface area contributed by atoms with Crippen LogP contribution in [-0.2, 0) is 20.9 Å². The van der Waals surface area contributed by atoms with E-state index in [0.717, 1.165) is 65.0 Å². The zero-order valence-electron chi connectivity index (χ0n) is 17.6. The van der Waals surface area contributed by atoms with Crippen molar-refractivity contribution in [1.82, 2.24) is 4.98 Å². The Hall–Kier alpha value is -2.83. The number of rotatable bonds is 8. The van der Waals surface area contributed by atoms with Gasteiger partial charge < -0.3 is 24.6 Å². The summed E-state index contributed by atoms with van der Waals surface area (Å²) in [6, 6.07) is 15.1. The van der Waals surface area contributed by atoms with E-state index in [0.29, 0.717) is 19.3 Å². The molecule has 6 heteroatoms. The lowest BCUT2D eigenvalue weighted by atomic mass is 10.0. The summed E-state index contributed by atoms with van der Waals surface area (Å²) in [6.45, 7) is 4.86. The van der Waals surface area contributed by atoms with Crippen molar-refractivity contribution in [3.63, 3.8) is 0 Å². The highest BCUT2D eigenvalue weighted by molar-refractivity contribution is 6.09. The molecule has 0 aliphatic carbocycles. The summed E-state index contributed by atoms with van der Waals surface area (Å²) in [5.41, 5.74) is 6.42. The van der Waals surface area contributed by atoms with Crippen LogP contribution in [0.5, 0.6) is 0 Å². The van der Waals surface area contributed by atoms with Gasteiger partial charge in [0.25, 0.3) is 0 Å². The second kappa shape index (κ2) is 9.78. The van der Waals surface area contributed by atoms with Gasteiger partial charge in [0.2, 0.25) is 0 Å². The van der Waals surface area contributed by atoms with Crippen molar-refractivity contribution < 1.29 is 14.3 Å². The second-order valence-electron chi connectivity index (χ2n) is 7.43. The first kappa shape index (κ1) is 20.4. The molecule has 1 aromatic heterocycles. The Kier molecular flexibility index (Phi) is 6.67. The fourth-order valence-electron chi connectivity index (χ4n) is 3.93. The molecule has 6 nitrogen and oxygen atoms in total. The van der Waals surface area contributed by atoms with E-state index in [1.165, 1.54) is 0 Å². The minimum absolute atomic E-state index is 0.392. The Morgan fingerprint density at radius 3 is 2.73 bits per heavy atom. The lowest BCUT2D eigenvalue weighted by molar-refractivity contribution is 0.0904. The van der Waals surface area contributed by atoms with Gasteiger partial charge in [0.15, 0.2) is 0 Å². The zero-order chi connectivity index (χ0) is 20.8. The molecule has 3 aromatic rings. The van der Waals surface area contributed by atoms with Gasteiger partial charge in [-0.15, -0.1) is 0 Å². The lowest BCUT2D eigenvalue weighted by Crippen LogP contribution is -2.28. The molecule has 0 amide bonds. The van der Waals surface area contributed by atoms with Gasteiger partial charge in [0.05, 0.1) is 29.7 Å². The maximum Gasteiger partial charge on any atom is 0.106 e. The number of aromatic amines is 1. The summed E-state index contributed by atoms with van der Waals surface area (Å²) in [6.07, 6.45) is 3.78. The molecule has 4 rings (SSSR count). The Morgan fingerprint density at radius 2 is 2.00 bits per heavy atom. The maximum absolute atomic E-state index is 5.71. The van der Waals surface area contributed by atoms with E-state index in [-0.39, 0.29) is 0 Å².